The van der Waals surface area contributed by atoms with Gasteiger partial charge < -0.3 is 5.32 Å². The average molecular weight is 238 g/mol. The van der Waals surface area contributed by atoms with E-state index in [4.69, 9.17) is 0 Å². The molecule has 1 aromatic heterocycles. The third kappa shape index (κ3) is 3.05. The van der Waals surface area contributed by atoms with Crippen molar-refractivity contribution in [1.82, 2.24) is 10.3 Å². The van der Waals surface area contributed by atoms with E-state index in [1.54, 1.807) is 11.3 Å². The number of rotatable bonds is 5. The maximum Gasteiger partial charge on any atom is 0.0940 e. The Labute approximate surface area is 102 Å². The van der Waals surface area contributed by atoms with Crippen molar-refractivity contribution in [2.24, 2.45) is 5.92 Å². The highest BCUT2D eigenvalue weighted by Gasteiger charge is 2.24. The Hall–Kier alpha value is -0.410. The van der Waals surface area contributed by atoms with Crippen LogP contribution in [0.2, 0.25) is 0 Å². The van der Waals surface area contributed by atoms with Gasteiger partial charge in [0.05, 0.1) is 5.01 Å². The van der Waals surface area contributed by atoms with Crippen LogP contribution in [0.1, 0.15) is 43.3 Å². The van der Waals surface area contributed by atoms with Crippen molar-refractivity contribution in [2.75, 3.05) is 6.54 Å². The van der Waals surface area contributed by atoms with E-state index in [2.05, 4.69) is 29.5 Å². The standard InChI is InChI=1S/C13H22N2S/c1-3-11-5-4-6-12(11)14-8-7-13-15-10(2)9-16-13/h9,11-12,14H,3-8H2,1-2H3. The summed E-state index contributed by atoms with van der Waals surface area (Å²) < 4.78 is 0. The second kappa shape index (κ2) is 5.78. The summed E-state index contributed by atoms with van der Waals surface area (Å²) in [5.74, 6) is 0.915. The molecule has 0 aromatic carbocycles. The van der Waals surface area contributed by atoms with Crippen LogP contribution >= 0.6 is 11.3 Å². The highest BCUT2D eigenvalue weighted by Crippen LogP contribution is 2.27. The first-order valence-electron chi connectivity index (χ1n) is 6.44. The maximum atomic E-state index is 4.49. The van der Waals surface area contributed by atoms with Gasteiger partial charge in [0.25, 0.3) is 0 Å². The molecule has 2 nitrogen and oxygen atoms in total. The van der Waals surface area contributed by atoms with Crippen LogP contribution in [0.25, 0.3) is 0 Å². The smallest absolute Gasteiger partial charge is 0.0940 e. The number of hydrogen-bond acceptors (Lipinski definition) is 3. The Morgan fingerprint density at radius 2 is 2.38 bits per heavy atom. The summed E-state index contributed by atoms with van der Waals surface area (Å²) in [6, 6.07) is 0.769. The highest BCUT2D eigenvalue weighted by atomic mass is 32.1. The van der Waals surface area contributed by atoms with Crippen LogP contribution in [0, 0.1) is 12.8 Å². The molecule has 1 aliphatic rings. The van der Waals surface area contributed by atoms with Gasteiger partial charge >= 0.3 is 0 Å². The zero-order valence-corrected chi connectivity index (χ0v) is 11.1. The van der Waals surface area contributed by atoms with Gasteiger partial charge in [0.15, 0.2) is 0 Å². The summed E-state index contributed by atoms with van der Waals surface area (Å²) in [5, 5.41) is 7.12. The highest BCUT2D eigenvalue weighted by molar-refractivity contribution is 7.09. The lowest BCUT2D eigenvalue weighted by molar-refractivity contribution is 0.393. The number of aryl methyl sites for hydroxylation is 1. The number of nitrogens with one attached hydrogen (secondary N) is 1. The molecule has 0 spiro atoms. The lowest BCUT2D eigenvalue weighted by Gasteiger charge is -2.19. The second-order valence-electron chi connectivity index (χ2n) is 4.79. The van der Waals surface area contributed by atoms with Gasteiger partial charge in [-0.2, -0.15) is 0 Å². The van der Waals surface area contributed by atoms with Crippen LogP contribution in [0.3, 0.4) is 0 Å². The Morgan fingerprint density at radius 3 is 3.06 bits per heavy atom. The molecule has 1 heterocycles. The molecule has 1 fully saturated rings. The van der Waals surface area contributed by atoms with Gasteiger partial charge in [-0.05, 0) is 25.7 Å². The van der Waals surface area contributed by atoms with E-state index in [0.717, 1.165) is 30.6 Å². The molecule has 2 atom stereocenters. The zero-order chi connectivity index (χ0) is 11.4. The molecule has 1 N–H and O–H groups in total. The first-order valence-corrected chi connectivity index (χ1v) is 7.32. The Kier molecular flexibility index (Phi) is 4.36. The molecule has 0 aliphatic heterocycles. The molecular formula is C13H22N2S. The van der Waals surface area contributed by atoms with Gasteiger partial charge in [-0.1, -0.05) is 19.8 Å². The molecule has 90 valence electrons. The minimum absolute atomic E-state index is 0.769. The molecule has 0 amide bonds. The predicted molar refractivity (Wildman–Crippen MR) is 70.0 cm³/mol. The lowest BCUT2D eigenvalue weighted by Crippen LogP contribution is -2.33. The third-order valence-electron chi connectivity index (χ3n) is 3.60. The van der Waals surface area contributed by atoms with Crippen molar-refractivity contribution in [3.05, 3.63) is 16.1 Å². The van der Waals surface area contributed by atoms with Gasteiger partial charge in [-0.3, -0.25) is 0 Å². The quantitative estimate of drug-likeness (QED) is 0.852. The third-order valence-corrected chi connectivity index (χ3v) is 4.62. The van der Waals surface area contributed by atoms with Gasteiger partial charge in [-0.15, -0.1) is 11.3 Å². The Bertz CT molecular complexity index is 321. The fourth-order valence-electron chi connectivity index (χ4n) is 2.68. The number of nitrogens with zero attached hydrogens (tertiary/aromatic N) is 1. The SMILES string of the molecule is CCC1CCCC1NCCc1nc(C)cs1. The van der Waals surface area contributed by atoms with Crippen LogP contribution in [-0.4, -0.2) is 17.6 Å². The second-order valence-corrected chi connectivity index (χ2v) is 5.74. The maximum absolute atomic E-state index is 4.49. The van der Waals surface area contributed by atoms with Crippen molar-refractivity contribution in [2.45, 2.75) is 52.0 Å². The minimum Gasteiger partial charge on any atom is -0.313 e. The van der Waals surface area contributed by atoms with Crippen LogP contribution in [-0.2, 0) is 6.42 Å². The summed E-state index contributed by atoms with van der Waals surface area (Å²) in [5.41, 5.74) is 1.16. The van der Waals surface area contributed by atoms with E-state index in [9.17, 15) is 0 Å². The molecule has 2 unspecified atom stereocenters. The van der Waals surface area contributed by atoms with Crippen molar-refractivity contribution < 1.29 is 0 Å². The minimum atomic E-state index is 0.769. The number of thiazole rings is 1. The molecule has 1 saturated carbocycles. The van der Waals surface area contributed by atoms with E-state index >= 15 is 0 Å². The van der Waals surface area contributed by atoms with Crippen molar-refractivity contribution in [3.63, 3.8) is 0 Å². The molecule has 1 aliphatic carbocycles. The average Bonchev–Trinajstić information content (AvgIpc) is 2.87. The van der Waals surface area contributed by atoms with E-state index in [-0.39, 0.29) is 0 Å². The van der Waals surface area contributed by atoms with E-state index < -0.39 is 0 Å². The molecule has 0 radical (unpaired) electrons. The molecule has 2 rings (SSSR count). The summed E-state index contributed by atoms with van der Waals surface area (Å²) in [4.78, 5) is 4.49. The van der Waals surface area contributed by atoms with Crippen molar-refractivity contribution in [3.8, 4) is 0 Å². The summed E-state index contributed by atoms with van der Waals surface area (Å²) in [6.07, 6.45) is 6.62. The Balaban J connectivity index is 1.71. The number of hydrogen-bond donors (Lipinski definition) is 1. The van der Waals surface area contributed by atoms with Gasteiger partial charge in [0, 0.05) is 30.1 Å². The zero-order valence-electron chi connectivity index (χ0n) is 10.3. The summed E-state index contributed by atoms with van der Waals surface area (Å²) in [6.45, 7) is 5.47. The van der Waals surface area contributed by atoms with Crippen LogP contribution in [0.15, 0.2) is 5.38 Å². The van der Waals surface area contributed by atoms with Crippen LogP contribution < -0.4 is 5.32 Å². The molecule has 1 aromatic rings. The predicted octanol–water partition coefficient (Wildman–Crippen LogP) is 3.16. The van der Waals surface area contributed by atoms with E-state index in [1.807, 2.05) is 0 Å². The fraction of sp³-hybridized carbons (Fsp3) is 0.769. The van der Waals surface area contributed by atoms with Gasteiger partial charge in [0.1, 0.15) is 0 Å². The molecule has 16 heavy (non-hydrogen) atoms. The van der Waals surface area contributed by atoms with E-state index in [0.29, 0.717) is 0 Å². The van der Waals surface area contributed by atoms with Gasteiger partial charge in [-0.25, -0.2) is 4.98 Å². The topological polar surface area (TPSA) is 24.9 Å². The molecule has 0 bridgehead atoms. The first-order chi connectivity index (χ1) is 7.79. The first kappa shape index (κ1) is 12.1. The van der Waals surface area contributed by atoms with Crippen LogP contribution in [0.5, 0.6) is 0 Å². The Morgan fingerprint density at radius 1 is 1.50 bits per heavy atom. The van der Waals surface area contributed by atoms with Gasteiger partial charge in [0.2, 0.25) is 0 Å². The fourth-order valence-corrected chi connectivity index (χ4v) is 3.45. The summed E-state index contributed by atoms with van der Waals surface area (Å²) >= 11 is 1.79. The summed E-state index contributed by atoms with van der Waals surface area (Å²) in [7, 11) is 0. The molecule has 0 saturated heterocycles. The van der Waals surface area contributed by atoms with Crippen LogP contribution in [0.4, 0.5) is 0 Å². The molecule has 3 heteroatoms. The largest absolute Gasteiger partial charge is 0.313 e. The van der Waals surface area contributed by atoms with Crippen molar-refractivity contribution in [1.29, 1.82) is 0 Å². The van der Waals surface area contributed by atoms with E-state index in [1.165, 1.54) is 30.7 Å². The number of aromatic nitrogens is 1. The normalized spacial score (nSPS) is 25.1. The monoisotopic (exact) mass is 238 g/mol. The van der Waals surface area contributed by atoms with Crippen molar-refractivity contribution >= 4 is 11.3 Å². The lowest BCUT2D eigenvalue weighted by atomic mass is 10.0. The molecular weight excluding hydrogens is 216 g/mol.